The lowest BCUT2D eigenvalue weighted by Crippen LogP contribution is -2.60. The molecule has 2 atom stereocenters. The molecule has 1 aromatic carbocycles. The molecule has 1 fully saturated rings. The van der Waals surface area contributed by atoms with Crippen molar-refractivity contribution in [3.8, 4) is 0 Å². The predicted octanol–water partition coefficient (Wildman–Crippen LogP) is 1.52. The number of benzene rings is 1. The van der Waals surface area contributed by atoms with Gasteiger partial charge in [-0.3, -0.25) is 15.5 Å². The third kappa shape index (κ3) is 4.06. The van der Waals surface area contributed by atoms with Gasteiger partial charge in [-0.15, -0.1) is 0 Å². The molecule has 0 saturated carbocycles. The van der Waals surface area contributed by atoms with Gasteiger partial charge in [0.05, 0.1) is 6.21 Å². The summed E-state index contributed by atoms with van der Waals surface area (Å²) in [4.78, 5) is 11.4. The SMILES string of the molecule is CC1CC(=O)NC(N/N=C/c2ccc(C(C)C)cc2)N1. The maximum absolute atomic E-state index is 11.4. The van der Waals surface area contributed by atoms with E-state index in [1.54, 1.807) is 6.21 Å². The standard InChI is InChI=1S/C15H22N4O/c1-10(2)13-6-4-12(5-7-13)9-16-19-15-17-11(3)8-14(20)18-15/h4-7,9-11,15,17,19H,8H2,1-3H3,(H,18,20)/b16-9+. The fraction of sp³-hybridized carbons (Fsp3) is 0.467. The van der Waals surface area contributed by atoms with Crippen LogP contribution in [0.15, 0.2) is 29.4 Å². The lowest BCUT2D eigenvalue weighted by molar-refractivity contribution is -0.124. The summed E-state index contributed by atoms with van der Waals surface area (Å²) in [6.07, 6.45) is 1.94. The molecule has 2 rings (SSSR count). The Bertz CT molecular complexity index is 481. The quantitative estimate of drug-likeness (QED) is 0.576. The number of amides is 1. The minimum Gasteiger partial charge on any atom is -0.322 e. The molecule has 0 radical (unpaired) electrons. The predicted molar refractivity (Wildman–Crippen MR) is 80.4 cm³/mol. The maximum atomic E-state index is 11.4. The highest BCUT2D eigenvalue weighted by molar-refractivity contribution is 5.79. The summed E-state index contributed by atoms with van der Waals surface area (Å²) in [6.45, 7) is 6.31. The Kier molecular flexibility index (Phi) is 4.74. The van der Waals surface area contributed by atoms with Gasteiger partial charge in [0.1, 0.15) is 0 Å². The van der Waals surface area contributed by atoms with E-state index in [2.05, 4.69) is 47.1 Å². The number of hydrazone groups is 1. The summed E-state index contributed by atoms with van der Waals surface area (Å²) in [5, 5.41) is 10.1. The van der Waals surface area contributed by atoms with Crippen molar-refractivity contribution in [1.82, 2.24) is 16.1 Å². The first-order chi connectivity index (χ1) is 9.54. The number of hydrogen-bond donors (Lipinski definition) is 3. The van der Waals surface area contributed by atoms with Crippen molar-refractivity contribution in [2.45, 2.75) is 45.4 Å². The number of hydrogen-bond acceptors (Lipinski definition) is 4. The molecule has 0 aliphatic carbocycles. The topological polar surface area (TPSA) is 65.5 Å². The van der Waals surface area contributed by atoms with E-state index in [1.165, 1.54) is 5.56 Å². The molecule has 1 amide bonds. The second-order valence-electron chi connectivity index (χ2n) is 5.48. The van der Waals surface area contributed by atoms with Crippen LogP contribution in [0.2, 0.25) is 0 Å². The molecule has 20 heavy (non-hydrogen) atoms. The summed E-state index contributed by atoms with van der Waals surface area (Å²) in [5.74, 6) is 0.562. The van der Waals surface area contributed by atoms with E-state index in [9.17, 15) is 4.79 Å². The Morgan fingerprint density at radius 2 is 2.05 bits per heavy atom. The number of carbonyl (C=O) groups is 1. The lowest BCUT2D eigenvalue weighted by Gasteiger charge is -2.28. The minimum absolute atomic E-state index is 0.0326. The van der Waals surface area contributed by atoms with Gasteiger partial charge in [0, 0.05) is 12.5 Å². The van der Waals surface area contributed by atoms with Crippen molar-refractivity contribution in [3.63, 3.8) is 0 Å². The average molecular weight is 274 g/mol. The van der Waals surface area contributed by atoms with Crippen LogP contribution >= 0.6 is 0 Å². The van der Waals surface area contributed by atoms with Crippen molar-refractivity contribution < 1.29 is 4.79 Å². The Morgan fingerprint density at radius 3 is 2.65 bits per heavy atom. The van der Waals surface area contributed by atoms with Gasteiger partial charge in [-0.2, -0.15) is 5.10 Å². The van der Waals surface area contributed by atoms with Crippen LogP contribution in [-0.4, -0.2) is 24.5 Å². The van der Waals surface area contributed by atoms with E-state index in [0.717, 1.165) is 5.56 Å². The fourth-order valence-electron chi connectivity index (χ4n) is 2.11. The molecule has 0 aromatic heterocycles. The molecule has 5 nitrogen and oxygen atoms in total. The van der Waals surface area contributed by atoms with Crippen molar-refractivity contribution in [2.24, 2.45) is 5.10 Å². The highest BCUT2D eigenvalue weighted by Gasteiger charge is 2.21. The zero-order valence-electron chi connectivity index (χ0n) is 12.2. The number of nitrogens with one attached hydrogen (secondary N) is 3. The largest absolute Gasteiger partial charge is 0.322 e. The van der Waals surface area contributed by atoms with Crippen molar-refractivity contribution in [1.29, 1.82) is 0 Å². The van der Waals surface area contributed by atoms with E-state index in [-0.39, 0.29) is 18.2 Å². The molecule has 1 aliphatic heterocycles. The Hall–Kier alpha value is -1.88. The maximum Gasteiger partial charge on any atom is 0.224 e. The summed E-state index contributed by atoms with van der Waals surface area (Å²) < 4.78 is 0. The molecule has 0 spiro atoms. The number of rotatable bonds is 4. The Morgan fingerprint density at radius 1 is 1.35 bits per heavy atom. The Labute approximate surface area is 119 Å². The molecule has 1 saturated heterocycles. The van der Waals surface area contributed by atoms with E-state index >= 15 is 0 Å². The zero-order chi connectivity index (χ0) is 14.5. The molecule has 1 aliphatic rings. The Balaban J connectivity index is 1.88. The van der Waals surface area contributed by atoms with Gasteiger partial charge in [-0.05, 0) is 24.0 Å². The molecule has 3 N–H and O–H groups in total. The monoisotopic (exact) mass is 274 g/mol. The summed E-state index contributed by atoms with van der Waals surface area (Å²) >= 11 is 0. The summed E-state index contributed by atoms with van der Waals surface area (Å²) in [7, 11) is 0. The van der Waals surface area contributed by atoms with Crippen LogP contribution in [0.5, 0.6) is 0 Å². The second-order valence-corrected chi connectivity index (χ2v) is 5.48. The molecule has 2 unspecified atom stereocenters. The fourth-order valence-corrected chi connectivity index (χ4v) is 2.11. The van der Waals surface area contributed by atoms with Crippen LogP contribution in [0.3, 0.4) is 0 Å². The first-order valence-corrected chi connectivity index (χ1v) is 6.98. The van der Waals surface area contributed by atoms with Crippen molar-refractivity contribution in [3.05, 3.63) is 35.4 Å². The number of carbonyl (C=O) groups excluding carboxylic acids is 1. The molecular weight excluding hydrogens is 252 g/mol. The molecule has 1 aromatic rings. The van der Waals surface area contributed by atoms with Gasteiger partial charge in [-0.1, -0.05) is 38.1 Å². The molecular formula is C15H22N4O. The summed E-state index contributed by atoms with van der Waals surface area (Å²) in [5.41, 5.74) is 5.23. The molecule has 1 heterocycles. The zero-order valence-corrected chi connectivity index (χ0v) is 12.2. The van der Waals surface area contributed by atoms with Gasteiger partial charge in [0.2, 0.25) is 5.91 Å². The van der Waals surface area contributed by atoms with Gasteiger partial charge < -0.3 is 5.32 Å². The minimum atomic E-state index is -0.308. The number of nitrogens with zero attached hydrogens (tertiary/aromatic N) is 1. The smallest absolute Gasteiger partial charge is 0.224 e. The normalized spacial score (nSPS) is 23.1. The van der Waals surface area contributed by atoms with Crippen LogP contribution in [-0.2, 0) is 4.79 Å². The summed E-state index contributed by atoms with van der Waals surface area (Å²) in [6, 6.07) is 8.44. The van der Waals surface area contributed by atoms with Crippen molar-refractivity contribution in [2.75, 3.05) is 0 Å². The first-order valence-electron chi connectivity index (χ1n) is 6.98. The van der Waals surface area contributed by atoms with Crippen LogP contribution < -0.4 is 16.1 Å². The van der Waals surface area contributed by atoms with E-state index in [1.807, 2.05) is 19.1 Å². The molecule has 108 valence electrons. The van der Waals surface area contributed by atoms with E-state index < -0.39 is 0 Å². The first kappa shape index (κ1) is 14.5. The van der Waals surface area contributed by atoms with E-state index in [0.29, 0.717) is 12.3 Å². The lowest BCUT2D eigenvalue weighted by atomic mass is 10.0. The van der Waals surface area contributed by atoms with Crippen LogP contribution in [0.25, 0.3) is 0 Å². The van der Waals surface area contributed by atoms with Crippen LogP contribution in [0.1, 0.15) is 44.2 Å². The highest BCUT2D eigenvalue weighted by atomic mass is 16.2. The van der Waals surface area contributed by atoms with E-state index in [4.69, 9.17) is 0 Å². The van der Waals surface area contributed by atoms with Gasteiger partial charge in [0.25, 0.3) is 0 Å². The van der Waals surface area contributed by atoms with Gasteiger partial charge in [0.15, 0.2) is 6.29 Å². The van der Waals surface area contributed by atoms with Gasteiger partial charge >= 0.3 is 0 Å². The third-order valence-corrected chi connectivity index (χ3v) is 3.27. The van der Waals surface area contributed by atoms with Crippen LogP contribution in [0, 0.1) is 0 Å². The molecule has 5 heteroatoms. The highest BCUT2D eigenvalue weighted by Crippen LogP contribution is 2.13. The van der Waals surface area contributed by atoms with Gasteiger partial charge in [-0.25, -0.2) is 0 Å². The molecule has 0 bridgehead atoms. The average Bonchev–Trinajstić information content (AvgIpc) is 2.38. The van der Waals surface area contributed by atoms with Crippen LogP contribution in [0.4, 0.5) is 0 Å². The van der Waals surface area contributed by atoms with Crippen molar-refractivity contribution >= 4 is 12.1 Å². The second kappa shape index (κ2) is 6.52. The third-order valence-electron chi connectivity index (χ3n) is 3.27.